The van der Waals surface area contributed by atoms with Crippen LogP contribution >= 0.6 is 64.6 Å². The monoisotopic (exact) mass is 1560 g/mol. The first-order valence-corrected chi connectivity index (χ1v) is 40.3. The molecule has 3 fully saturated rings. The molecule has 0 bridgehead atoms. The molecule has 3 unspecified atom stereocenters. The Labute approximate surface area is 585 Å². The number of azide groups is 1. The highest BCUT2D eigenvalue weighted by atomic mass is 33.1. The van der Waals surface area contributed by atoms with Crippen LogP contribution in [0, 0.1) is 0 Å². The molecule has 16 N–H and O–H groups in total. The number of alkyl carbamates (subject to hydrolysis) is 1. The number of nitrogens with two attached hydrogens (primary N) is 1. The first-order chi connectivity index (χ1) is 48.0. The molecule has 3 aliphatic heterocycles. The number of phosphoric acid groups is 4. The molecule has 0 spiro atoms. The molecule has 560 valence electrons. The molecule has 0 saturated carbocycles. The second-order valence-electron chi connectivity index (χ2n) is 21.8. The highest BCUT2D eigenvalue weighted by Crippen LogP contribution is 2.61. The van der Waals surface area contributed by atoms with Crippen molar-refractivity contribution in [1.82, 2.24) is 71.7 Å². The molecule has 6 heterocycles. The number of rotatable bonds is 46. The van der Waals surface area contributed by atoms with Crippen LogP contribution in [0.1, 0.15) is 73.6 Å². The smallest absolute Gasteiger partial charge is 0.438 e. The average Bonchev–Trinajstić information content (AvgIpc) is 1.61. The molecule has 10 atom stereocenters. The van der Waals surface area contributed by atoms with E-state index in [0.717, 1.165) is 35.9 Å². The molecule has 44 nitrogen and oxygen atoms in total. The highest BCUT2D eigenvalue weighted by Gasteiger charge is 2.54. The van der Waals surface area contributed by atoms with E-state index in [9.17, 15) is 71.4 Å². The van der Waals surface area contributed by atoms with Crippen molar-refractivity contribution in [1.29, 1.82) is 0 Å². The van der Waals surface area contributed by atoms with E-state index >= 15 is 0 Å². The van der Waals surface area contributed by atoms with Gasteiger partial charge in [0.25, 0.3) is 11.5 Å². The third kappa shape index (κ3) is 28.7. The molecule has 3 aliphatic rings. The van der Waals surface area contributed by atoms with E-state index in [1.165, 1.54) is 50.5 Å². The van der Waals surface area contributed by atoms with Crippen molar-refractivity contribution in [2.75, 3.05) is 88.8 Å². The Balaban J connectivity index is 0.728. The van der Waals surface area contributed by atoms with Gasteiger partial charge in [-0.25, -0.2) is 37.5 Å². The van der Waals surface area contributed by atoms with E-state index in [1.54, 1.807) is 6.20 Å². The number of urea groups is 1. The Morgan fingerprint density at radius 1 is 0.822 bits per heavy atom. The van der Waals surface area contributed by atoms with Crippen LogP contribution in [-0.2, 0) is 87.1 Å². The molecular weight excluding hydrogens is 1490 g/mol. The lowest BCUT2D eigenvalue weighted by atomic mass is 10.0. The van der Waals surface area contributed by atoms with Gasteiger partial charge in [-0.3, -0.25) is 42.6 Å². The molecule has 3 saturated heterocycles. The molecule has 7 amide bonds. The van der Waals surface area contributed by atoms with E-state index < -0.39 is 97.5 Å². The van der Waals surface area contributed by atoms with Crippen molar-refractivity contribution >= 4 is 123 Å². The minimum atomic E-state index is -5.94. The summed E-state index contributed by atoms with van der Waals surface area (Å²) in [6, 6.07) is 5.25. The van der Waals surface area contributed by atoms with Gasteiger partial charge < -0.3 is 96.0 Å². The number of nitrogens with one attached hydrogen (secondary N) is 8. The molecule has 0 radical (unpaired) electrons. The predicted octanol–water partition coefficient (Wildman–Crippen LogP) is 1.11. The van der Waals surface area contributed by atoms with Crippen molar-refractivity contribution in [3.63, 3.8) is 0 Å². The number of fused-ring (bicyclic) bond motifs is 2. The van der Waals surface area contributed by atoms with E-state index in [-0.39, 0.29) is 113 Å². The number of hydrogen-bond donors (Lipinski definition) is 15. The van der Waals surface area contributed by atoms with Crippen molar-refractivity contribution in [2.45, 2.75) is 112 Å². The van der Waals surface area contributed by atoms with Crippen LogP contribution in [0.5, 0.6) is 0 Å². The van der Waals surface area contributed by atoms with Crippen molar-refractivity contribution in [2.24, 2.45) is 5.11 Å². The van der Waals surface area contributed by atoms with E-state index in [2.05, 4.69) is 85.7 Å². The standard InChI is InChI=1S/C50H76N18O26P4S3/c51-48-61-43-40(46(73)62-48)57-29-68(43)47-42(41(92-98(84,85)94-96(79,80)81)35(90-47)27-89-97(82,83)93-95(76,77)78)91-50(75)56-15-19-88-26-32-25-67(66-64-32)17-20-87-22-21-86-18-14-54-38(70)12-23-100-101-24-16-55-45(72)33(58-44(71)30-8-10-31(11-9-30)63-65-52)5-3-4-13-53-37(69)7-2-1-6-36-39-34(28-99-36)59-49(74)60-39/h8-11,25,29,33-36,39,41-42,47H,1-7,12-24,26-28H2,(H,53,69)(H,54,70)(H,55,72)(H,56,75)(H,58,71)(H,82,83)(H,84,85)(H2,59,60,74)(H2,76,77,78)(H2,79,80,81)(H3,51,61,62,73)/t33?,34-,35+,36-,39-,41-,42+,47+/m0/s1. The second kappa shape index (κ2) is 40.1. The zero-order valence-corrected chi connectivity index (χ0v) is 59.3. The second-order valence-corrected chi connectivity index (χ2v) is 31.4. The Bertz CT molecular complexity index is 3760. The van der Waals surface area contributed by atoms with Gasteiger partial charge in [0.05, 0.1) is 77.4 Å². The maximum Gasteiger partial charge on any atom is 0.481 e. The van der Waals surface area contributed by atoms with Crippen LogP contribution in [-0.4, -0.2) is 224 Å². The number of unbranched alkanes of at least 4 members (excludes halogenated alkanes) is 2. The zero-order chi connectivity index (χ0) is 73.2. The van der Waals surface area contributed by atoms with Gasteiger partial charge in [-0.1, -0.05) is 50.5 Å². The van der Waals surface area contributed by atoms with Crippen molar-refractivity contribution in [3.8, 4) is 0 Å². The van der Waals surface area contributed by atoms with E-state index in [1.807, 2.05) is 11.8 Å². The molecule has 7 rings (SSSR count). The summed E-state index contributed by atoms with van der Waals surface area (Å²) < 4.78 is 95.5. The maximum atomic E-state index is 13.4. The number of nitrogens with zero attached hydrogens (tertiary/aromatic N) is 9. The van der Waals surface area contributed by atoms with Gasteiger partial charge in [0.15, 0.2) is 23.5 Å². The van der Waals surface area contributed by atoms with E-state index in [0.29, 0.717) is 66.9 Å². The molecule has 1 aromatic carbocycles. The summed E-state index contributed by atoms with van der Waals surface area (Å²) in [6.07, 6.45) is -2.72. The Morgan fingerprint density at radius 2 is 1.52 bits per heavy atom. The summed E-state index contributed by atoms with van der Waals surface area (Å²) in [5.41, 5.74) is 13.7. The number of anilines is 1. The topological polar surface area (TPSA) is 628 Å². The number of amides is 7. The molecule has 51 heteroatoms. The van der Waals surface area contributed by atoms with Crippen LogP contribution in [0.2, 0.25) is 0 Å². The molecule has 4 aromatic rings. The Morgan fingerprint density at radius 3 is 2.28 bits per heavy atom. The number of phosphoric ester groups is 2. The molecule has 3 aromatic heterocycles. The fourth-order valence-corrected chi connectivity index (χ4v) is 16.7. The SMILES string of the molecule is [N-]=[N+]=Nc1ccc(C(=O)NC(CCCCNC(=O)CCCC[C@@H]2SC[C@@H]3NC(=O)N[C@@H]32)C(=O)NCCSSCCC(=O)NCCOCCOCCn2cc(COCCNC(=O)O[C@@H]3[C@@H](OP(=O)(O)OP(=O)(O)O)[C@@H](COP(=O)(O)OP(=O)(O)O)O[C@H]3n3cnc4c(=O)[nH]c(N)nc43)nn2)cc1. The minimum absolute atomic E-state index is 0.0627. The van der Waals surface area contributed by atoms with Crippen LogP contribution in [0.3, 0.4) is 0 Å². The Hall–Kier alpha value is -6.35. The summed E-state index contributed by atoms with van der Waals surface area (Å²) in [6.45, 7) is 0.169. The van der Waals surface area contributed by atoms with Gasteiger partial charge in [0.2, 0.25) is 23.7 Å². The van der Waals surface area contributed by atoms with Crippen molar-refractivity contribution < 1.29 is 118 Å². The number of carbonyl (C=O) groups is 6. The number of carbonyl (C=O) groups excluding carboxylic acids is 6. The summed E-state index contributed by atoms with van der Waals surface area (Å²) >= 11 is 1.84. The normalized spacial score (nSPS) is 20.3. The summed E-state index contributed by atoms with van der Waals surface area (Å²) in [7, 11) is -20.2. The van der Waals surface area contributed by atoms with E-state index in [4.69, 9.17) is 49.3 Å². The molecule has 0 aliphatic carbocycles. The largest absolute Gasteiger partial charge is 0.481 e. The highest BCUT2D eigenvalue weighted by molar-refractivity contribution is 8.76. The number of aromatic amines is 1. The fraction of sp³-hybridized carbons (Fsp3) is 0.620. The number of hydrogen-bond acceptors (Lipinski definition) is 29. The van der Waals surface area contributed by atoms with Gasteiger partial charge in [0.1, 0.15) is 23.9 Å². The minimum Gasteiger partial charge on any atom is -0.438 e. The van der Waals surface area contributed by atoms with Gasteiger partial charge in [-0.15, -0.1) is 5.10 Å². The number of H-pyrrole nitrogens is 1. The number of benzene rings is 1. The summed E-state index contributed by atoms with van der Waals surface area (Å²) in [5, 5.41) is 31.5. The molecule has 101 heavy (non-hydrogen) atoms. The molecular formula is C50H76N18O26P4S3. The third-order valence-electron chi connectivity index (χ3n) is 14.3. The van der Waals surface area contributed by atoms with Crippen LogP contribution in [0.15, 0.2) is 46.7 Å². The number of thioether (sulfide) groups is 1. The number of nitrogen functional groups attached to an aromatic ring is 1. The number of aromatic nitrogens is 7. The van der Waals surface area contributed by atoms with Crippen LogP contribution < -0.4 is 48.5 Å². The third-order valence-corrected chi connectivity index (χ3v) is 22.6. The quantitative estimate of drug-likeness (QED) is 0.00560. The maximum absolute atomic E-state index is 13.4. The summed E-state index contributed by atoms with van der Waals surface area (Å²) in [4.78, 5) is 159. The summed E-state index contributed by atoms with van der Waals surface area (Å²) in [5.74, 6) is 0.326. The average molecular weight is 1570 g/mol. The van der Waals surface area contributed by atoms with Gasteiger partial charge in [-0.05, 0) is 49.8 Å². The lowest BCUT2D eigenvalue weighted by Gasteiger charge is -2.26. The number of imidazole rings is 1. The zero-order valence-electron chi connectivity index (χ0n) is 53.3. The lowest BCUT2D eigenvalue weighted by molar-refractivity contribution is -0.123. The van der Waals surface area contributed by atoms with Crippen LogP contribution in [0.25, 0.3) is 21.6 Å². The van der Waals surface area contributed by atoms with Gasteiger partial charge in [0, 0.05) is 77.7 Å². The predicted molar refractivity (Wildman–Crippen MR) is 356 cm³/mol. The van der Waals surface area contributed by atoms with Crippen LogP contribution in [0.4, 0.5) is 21.2 Å². The van der Waals surface area contributed by atoms with Crippen molar-refractivity contribution in [3.05, 3.63) is 68.8 Å². The first kappa shape index (κ1) is 81.9. The Kier molecular flexibility index (Phi) is 32.5. The number of ether oxygens (including phenoxy) is 5. The van der Waals surface area contributed by atoms with Gasteiger partial charge >= 0.3 is 43.4 Å². The fourth-order valence-electron chi connectivity index (χ4n) is 9.89. The lowest BCUT2D eigenvalue weighted by Crippen LogP contribution is -2.47. The first-order valence-electron chi connectivity index (χ1n) is 30.7. The van der Waals surface area contributed by atoms with Gasteiger partial charge in [-0.2, -0.15) is 25.4 Å².